The molecule has 0 aliphatic rings. The van der Waals surface area contributed by atoms with Crippen molar-refractivity contribution in [3.05, 3.63) is 28.7 Å². The van der Waals surface area contributed by atoms with Crippen molar-refractivity contribution in [3.8, 4) is 5.88 Å². The van der Waals surface area contributed by atoms with Gasteiger partial charge >= 0.3 is 0 Å². The fourth-order valence-electron chi connectivity index (χ4n) is 1.72. The zero-order valence-corrected chi connectivity index (χ0v) is 10.5. The third kappa shape index (κ3) is 2.88. The minimum atomic E-state index is -0.860. The van der Waals surface area contributed by atoms with E-state index in [4.69, 9.17) is 9.84 Å². The van der Waals surface area contributed by atoms with Crippen molar-refractivity contribution in [2.75, 3.05) is 13.7 Å². The van der Waals surface area contributed by atoms with Gasteiger partial charge in [0.05, 0.1) is 26.0 Å². The van der Waals surface area contributed by atoms with Crippen LogP contribution >= 0.6 is 0 Å². The van der Waals surface area contributed by atoms with Gasteiger partial charge in [-0.2, -0.15) is 4.98 Å². The lowest BCUT2D eigenvalue weighted by atomic mass is 10.2. The molecule has 2 N–H and O–H groups in total. The quantitative estimate of drug-likeness (QED) is 0.759. The summed E-state index contributed by atoms with van der Waals surface area (Å²) in [5.41, 5.74) is 0.732. The number of aromatic nitrogens is 3. The highest BCUT2D eigenvalue weighted by Gasteiger charge is 2.09. The number of nitrogens with zero attached hydrogens (tertiary/aromatic N) is 3. The molecule has 2 aromatic heterocycles. The number of ether oxygens (including phenoxy) is 1. The predicted molar refractivity (Wildman–Crippen MR) is 68.1 cm³/mol. The third-order valence-electron chi connectivity index (χ3n) is 2.77. The molecule has 0 aliphatic heterocycles. The van der Waals surface area contributed by atoms with Crippen LogP contribution in [0.2, 0.25) is 0 Å². The van der Waals surface area contributed by atoms with Crippen LogP contribution in [0.1, 0.15) is 6.42 Å². The molecule has 0 bridgehead atoms. The number of pyridine rings is 1. The van der Waals surface area contributed by atoms with Crippen LogP contribution in [0.3, 0.4) is 0 Å². The van der Waals surface area contributed by atoms with Crippen molar-refractivity contribution >= 4 is 11.2 Å². The van der Waals surface area contributed by atoms with E-state index in [1.165, 1.54) is 23.9 Å². The molecule has 102 valence electrons. The van der Waals surface area contributed by atoms with Crippen LogP contribution in [-0.4, -0.2) is 44.6 Å². The van der Waals surface area contributed by atoms with E-state index < -0.39 is 6.10 Å². The van der Waals surface area contributed by atoms with Gasteiger partial charge in [0, 0.05) is 12.6 Å². The Morgan fingerprint density at radius 2 is 2.26 bits per heavy atom. The summed E-state index contributed by atoms with van der Waals surface area (Å²) in [6.07, 6.45) is 0.870. The fourth-order valence-corrected chi connectivity index (χ4v) is 1.72. The number of aryl methyl sites for hydroxylation is 1. The molecule has 1 unspecified atom stereocenters. The number of aliphatic hydroxyl groups is 2. The van der Waals surface area contributed by atoms with Gasteiger partial charge in [0.25, 0.3) is 5.56 Å². The third-order valence-corrected chi connectivity index (χ3v) is 2.77. The van der Waals surface area contributed by atoms with Gasteiger partial charge in [-0.05, 0) is 12.5 Å². The Balaban J connectivity index is 2.44. The zero-order valence-electron chi connectivity index (χ0n) is 10.5. The number of rotatable bonds is 5. The molecule has 0 aromatic carbocycles. The van der Waals surface area contributed by atoms with Crippen molar-refractivity contribution in [1.29, 1.82) is 0 Å². The molecule has 2 aromatic rings. The second-order valence-corrected chi connectivity index (χ2v) is 4.07. The second-order valence-electron chi connectivity index (χ2n) is 4.07. The summed E-state index contributed by atoms with van der Waals surface area (Å²) in [6, 6.07) is 2.98. The first-order valence-corrected chi connectivity index (χ1v) is 5.85. The molecule has 2 rings (SSSR count). The Morgan fingerprint density at radius 3 is 2.95 bits per heavy atom. The highest BCUT2D eigenvalue weighted by atomic mass is 16.5. The van der Waals surface area contributed by atoms with Crippen LogP contribution in [0, 0.1) is 0 Å². The first kappa shape index (κ1) is 13.4. The summed E-state index contributed by atoms with van der Waals surface area (Å²) in [5, 5.41) is 18.1. The molecular formula is C12H15N3O4. The molecular weight excluding hydrogens is 250 g/mol. The van der Waals surface area contributed by atoms with Crippen LogP contribution in [0.5, 0.6) is 5.88 Å². The van der Waals surface area contributed by atoms with E-state index in [2.05, 4.69) is 9.97 Å². The van der Waals surface area contributed by atoms with E-state index >= 15 is 0 Å². The first-order valence-electron chi connectivity index (χ1n) is 5.85. The number of fused-ring (bicyclic) bond motifs is 1. The number of aliphatic hydroxyl groups excluding tert-OH is 2. The lowest BCUT2D eigenvalue weighted by molar-refractivity contribution is 0.0846. The maximum absolute atomic E-state index is 11.8. The molecule has 19 heavy (non-hydrogen) atoms. The maximum atomic E-state index is 11.8. The zero-order chi connectivity index (χ0) is 13.8. The Hall–Kier alpha value is -1.99. The monoisotopic (exact) mass is 265 g/mol. The summed E-state index contributed by atoms with van der Waals surface area (Å²) >= 11 is 0. The van der Waals surface area contributed by atoms with Gasteiger partial charge in [0.15, 0.2) is 5.65 Å². The van der Waals surface area contributed by atoms with Crippen LogP contribution < -0.4 is 10.3 Å². The molecule has 0 spiro atoms. The van der Waals surface area contributed by atoms with Gasteiger partial charge in [-0.15, -0.1) is 0 Å². The molecule has 0 saturated heterocycles. The standard InChI is InChI=1S/C12H15N3O4/c1-19-10-6-13-9-2-3-11(18)15(12(9)14-10)5-4-8(17)7-16/h2-3,6,8,16-17H,4-5,7H2,1H3. The normalized spacial score (nSPS) is 12.6. The Morgan fingerprint density at radius 1 is 1.47 bits per heavy atom. The van der Waals surface area contributed by atoms with Crippen molar-refractivity contribution < 1.29 is 14.9 Å². The largest absolute Gasteiger partial charge is 0.480 e. The molecule has 0 radical (unpaired) electrons. The average Bonchev–Trinajstić information content (AvgIpc) is 2.45. The predicted octanol–water partition coefficient (Wildman–Crippen LogP) is -0.457. The number of methoxy groups -OCH3 is 1. The van der Waals surface area contributed by atoms with E-state index in [1.807, 2.05) is 0 Å². The summed E-state index contributed by atoms with van der Waals surface area (Å²) in [5.74, 6) is 0.314. The SMILES string of the molecule is COc1cnc2ccc(=O)n(CCC(O)CO)c2n1. The van der Waals surface area contributed by atoms with Gasteiger partial charge in [0.1, 0.15) is 5.52 Å². The second kappa shape index (κ2) is 5.77. The van der Waals surface area contributed by atoms with Gasteiger partial charge in [-0.25, -0.2) is 4.98 Å². The van der Waals surface area contributed by atoms with E-state index in [0.717, 1.165) is 0 Å². The molecule has 2 heterocycles. The van der Waals surface area contributed by atoms with Crippen LogP contribution in [0.15, 0.2) is 23.1 Å². The van der Waals surface area contributed by atoms with Crippen molar-refractivity contribution in [2.45, 2.75) is 19.1 Å². The highest BCUT2D eigenvalue weighted by molar-refractivity contribution is 5.70. The smallest absolute Gasteiger partial charge is 0.252 e. The summed E-state index contributed by atoms with van der Waals surface area (Å²) < 4.78 is 6.39. The number of hydrogen-bond acceptors (Lipinski definition) is 6. The van der Waals surface area contributed by atoms with Crippen molar-refractivity contribution in [1.82, 2.24) is 14.5 Å². The van der Waals surface area contributed by atoms with Gasteiger partial charge in [-0.3, -0.25) is 9.36 Å². The van der Waals surface area contributed by atoms with Crippen LogP contribution in [0.25, 0.3) is 11.2 Å². The Kier molecular flexibility index (Phi) is 4.08. The maximum Gasteiger partial charge on any atom is 0.252 e. The van der Waals surface area contributed by atoms with E-state index in [-0.39, 0.29) is 25.1 Å². The first-order chi connectivity index (χ1) is 9.15. The van der Waals surface area contributed by atoms with E-state index in [1.54, 1.807) is 6.07 Å². The van der Waals surface area contributed by atoms with E-state index in [0.29, 0.717) is 17.0 Å². The average molecular weight is 265 g/mol. The lowest BCUT2D eigenvalue weighted by Gasteiger charge is -2.11. The molecule has 1 atom stereocenters. The molecule has 0 aliphatic carbocycles. The molecule has 7 nitrogen and oxygen atoms in total. The summed E-state index contributed by atoms with van der Waals surface area (Å²) in [6.45, 7) is -0.0890. The lowest BCUT2D eigenvalue weighted by Crippen LogP contribution is -2.24. The Labute approximate surface area is 109 Å². The van der Waals surface area contributed by atoms with Crippen molar-refractivity contribution in [2.24, 2.45) is 0 Å². The molecule has 0 amide bonds. The summed E-state index contributed by atoms with van der Waals surface area (Å²) in [4.78, 5) is 20.2. The number of hydrogen-bond donors (Lipinski definition) is 2. The topological polar surface area (TPSA) is 97.5 Å². The molecule has 7 heteroatoms. The highest BCUT2D eigenvalue weighted by Crippen LogP contribution is 2.12. The fraction of sp³-hybridized carbons (Fsp3) is 0.417. The molecule has 0 saturated carbocycles. The van der Waals surface area contributed by atoms with Gasteiger partial charge in [0.2, 0.25) is 5.88 Å². The van der Waals surface area contributed by atoms with E-state index in [9.17, 15) is 9.90 Å². The van der Waals surface area contributed by atoms with Gasteiger partial charge < -0.3 is 14.9 Å². The van der Waals surface area contributed by atoms with Crippen LogP contribution in [0.4, 0.5) is 0 Å². The van der Waals surface area contributed by atoms with Gasteiger partial charge in [-0.1, -0.05) is 0 Å². The Bertz CT molecular complexity index is 626. The van der Waals surface area contributed by atoms with Crippen LogP contribution in [-0.2, 0) is 6.54 Å². The summed E-state index contributed by atoms with van der Waals surface area (Å²) in [7, 11) is 1.47. The molecule has 0 fully saturated rings. The minimum absolute atomic E-state index is 0.236. The minimum Gasteiger partial charge on any atom is -0.480 e. The van der Waals surface area contributed by atoms with Crippen molar-refractivity contribution in [3.63, 3.8) is 0 Å².